The molecule has 18 heavy (non-hydrogen) atoms. The Labute approximate surface area is 104 Å². The Morgan fingerprint density at radius 3 is 2.56 bits per heavy atom. The van der Waals surface area contributed by atoms with Gasteiger partial charge in [0, 0.05) is 11.8 Å². The van der Waals surface area contributed by atoms with E-state index in [0.717, 1.165) is 5.69 Å². The smallest absolute Gasteiger partial charge is 0.135 e. The molecule has 0 saturated heterocycles. The number of benzene rings is 2. The molecule has 88 valence electrons. The van der Waals surface area contributed by atoms with Crippen LogP contribution >= 0.6 is 0 Å². The monoisotopic (exact) mass is 236 g/mol. The maximum atomic E-state index is 5.61. The molecular formula is C14H12N4. The largest absolute Gasteiger partial charge is 0.384 e. The number of nitrogens with one attached hydrogen (secondary N) is 1. The minimum atomic E-state index is 0.452. The predicted molar refractivity (Wildman–Crippen MR) is 73.7 cm³/mol. The highest BCUT2D eigenvalue weighted by Crippen LogP contribution is 2.21. The summed E-state index contributed by atoms with van der Waals surface area (Å²) in [5, 5.41) is 5.60. The molecule has 0 amide bonds. The van der Waals surface area contributed by atoms with Crippen LogP contribution in [0.1, 0.15) is 0 Å². The zero-order chi connectivity index (χ0) is 12.4. The Kier molecular flexibility index (Phi) is 2.53. The van der Waals surface area contributed by atoms with Gasteiger partial charge in [0.2, 0.25) is 0 Å². The fraction of sp³-hybridized carbons (Fsp3) is 0. The molecule has 0 aliphatic rings. The van der Waals surface area contributed by atoms with Crippen molar-refractivity contribution in [3.05, 3.63) is 54.9 Å². The summed E-state index contributed by atoms with van der Waals surface area (Å²) in [7, 11) is 0. The van der Waals surface area contributed by atoms with Crippen LogP contribution in [0.25, 0.3) is 10.8 Å². The third-order valence-corrected chi connectivity index (χ3v) is 2.71. The molecule has 0 atom stereocenters. The summed E-state index contributed by atoms with van der Waals surface area (Å²) in [5.41, 5.74) is 6.59. The molecule has 4 heteroatoms. The van der Waals surface area contributed by atoms with E-state index in [1.807, 2.05) is 18.2 Å². The predicted octanol–water partition coefficient (Wildman–Crippen LogP) is 2.96. The normalized spacial score (nSPS) is 10.4. The molecule has 0 aliphatic heterocycles. The van der Waals surface area contributed by atoms with E-state index in [1.54, 1.807) is 6.07 Å². The number of hydrogen-bond acceptors (Lipinski definition) is 4. The van der Waals surface area contributed by atoms with Crippen LogP contribution in [0.4, 0.5) is 17.3 Å². The highest BCUT2D eigenvalue weighted by molar-refractivity contribution is 5.86. The summed E-state index contributed by atoms with van der Waals surface area (Å²) in [4.78, 5) is 7.97. The molecule has 1 aromatic heterocycles. The second kappa shape index (κ2) is 4.33. The number of nitrogen functional groups attached to an aromatic ring is 1. The van der Waals surface area contributed by atoms with Gasteiger partial charge in [0.15, 0.2) is 0 Å². The van der Waals surface area contributed by atoms with Crippen LogP contribution in [-0.4, -0.2) is 9.97 Å². The summed E-state index contributed by atoms with van der Waals surface area (Å²) >= 11 is 0. The van der Waals surface area contributed by atoms with Crippen LogP contribution in [0.3, 0.4) is 0 Å². The van der Waals surface area contributed by atoms with Gasteiger partial charge in [-0.05, 0) is 22.9 Å². The molecule has 0 saturated carbocycles. The van der Waals surface area contributed by atoms with E-state index in [-0.39, 0.29) is 0 Å². The van der Waals surface area contributed by atoms with E-state index in [1.165, 1.54) is 17.1 Å². The second-order valence-corrected chi connectivity index (χ2v) is 4.02. The minimum absolute atomic E-state index is 0.452. The van der Waals surface area contributed by atoms with E-state index in [0.29, 0.717) is 11.6 Å². The number of nitrogens with two attached hydrogens (primary N) is 1. The molecule has 0 bridgehead atoms. The van der Waals surface area contributed by atoms with Gasteiger partial charge >= 0.3 is 0 Å². The van der Waals surface area contributed by atoms with Crippen molar-refractivity contribution in [1.29, 1.82) is 0 Å². The molecule has 0 spiro atoms. The Morgan fingerprint density at radius 2 is 1.72 bits per heavy atom. The Balaban J connectivity index is 1.95. The van der Waals surface area contributed by atoms with Gasteiger partial charge in [-0.15, -0.1) is 0 Å². The summed E-state index contributed by atoms with van der Waals surface area (Å²) in [6, 6.07) is 16.1. The first kappa shape index (κ1) is 10.5. The lowest BCUT2D eigenvalue weighted by atomic mass is 10.1. The fourth-order valence-electron chi connectivity index (χ4n) is 1.86. The van der Waals surface area contributed by atoms with Crippen molar-refractivity contribution >= 4 is 28.1 Å². The Bertz CT molecular complexity index is 694. The Hall–Kier alpha value is -2.62. The van der Waals surface area contributed by atoms with E-state index in [4.69, 9.17) is 5.73 Å². The molecule has 1 heterocycles. The first-order valence-electron chi connectivity index (χ1n) is 5.65. The van der Waals surface area contributed by atoms with Gasteiger partial charge in [0.05, 0.1) is 0 Å². The second-order valence-electron chi connectivity index (χ2n) is 4.02. The zero-order valence-electron chi connectivity index (χ0n) is 9.67. The van der Waals surface area contributed by atoms with Gasteiger partial charge in [-0.2, -0.15) is 0 Å². The number of aromatic nitrogens is 2. The molecule has 0 fully saturated rings. The standard InChI is InChI=1S/C14H12N4/c15-13-8-14(17-9-16-13)18-12-6-5-10-3-1-2-4-11(10)7-12/h1-9H,(H3,15,16,17,18). The zero-order valence-corrected chi connectivity index (χ0v) is 9.67. The number of anilines is 3. The van der Waals surface area contributed by atoms with E-state index < -0.39 is 0 Å². The van der Waals surface area contributed by atoms with Crippen molar-refractivity contribution < 1.29 is 0 Å². The molecular weight excluding hydrogens is 224 g/mol. The number of fused-ring (bicyclic) bond motifs is 1. The SMILES string of the molecule is Nc1cc(Nc2ccc3ccccc3c2)ncn1. The van der Waals surface area contributed by atoms with Crippen molar-refractivity contribution in [1.82, 2.24) is 9.97 Å². The van der Waals surface area contributed by atoms with E-state index in [9.17, 15) is 0 Å². The van der Waals surface area contributed by atoms with Crippen LogP contribution < -0.4 is 11.1 Å². The lowest BCUT2D eigenvalue weighted by Crippen LogP contribution is -1.97. The quantitative estimate of drug-likeness (QED) is 0.718. The maximum Gasteiger partial charge on any atom is 0.135 e. The lowest BCUT2D eigenvalue weighted by Gasteiger charge is -2.06. The van der Waals surface area contributed by atoms with E-state index in [2.05, 4.69) is 39.6 Å². The van der Waals surface area contributed by atoms with Crippen molar-refractivity contribution in [3.63, 3.8) is 0 Å². The molecule has 0 aliphatic carbocycles. The van der Waals surface area contributed by atoms with Crippen LogP contribution in [0.2, 0.25) is 0 Å². The highest BCUT2D eigenvalue weighted by atomic mass is 15.0. The number of hydrogen-bond donors (Lipinski definition) is 2. The maximum absolute atomic E-state index is 5.61. The summed E-state index contributed by atoms with van der Waals surface area (Å²) in [6.07, 6.45) is 1.44. The third-order valence-electron chi connectivity index (χ3n) is 2.71. The average Bonchev–Trinajstić information content (AvgIpc) is 2.39. The fourth-order valence-corrected chi connectivity index (χ4v) is 1.86. The van der Waals surface area contributed by atoms with Gasteiger partial charge in [0.25, 0.3) is 0 Å². The molecule has 4 nitrogen and oxygen atoms in total. The van der Waals surface area contributed by atoms with Crippen molar-refractivity contribution in [2.24, 2.45) is 0 Å². The number of nitrogens with zero attached hydrogens (tertiary/aromatic N) is 2. The molecule has 3 N–H and O–H groups in total. The van der Waals surface area contributed by atoms with Crippen molar-refractivity contribution in [2.75, 3.05) is 11.1 Å². The molecule has 0 unspecified atom stereocenters. The molecule has 2 aromatic carbocycles. The topological polar surface area (TPSA) is 63.8 Å². The van der Waals surface area contributed by atoms with Crippen LogP contribution in [0.5, 0.6) is 0 Å². The minimum Gasteiger partial charge on any atom is -0.384 e. The van der Waals surface area contributed by atoms with Crippen LogP contribution in [0.15, 0.2) is 54.9 Å². The van der Waals surface area contributed by atoms with Crippen LogP contribution in [0, 0.1) is 0 Å². The summed E-state index contributed by atoms with van der Waals surface area (Å²) in [6.45, 7) is 0. The van der Waals surface area contributed by atoms with Gasteiger partial charge in [-0.3, -0.25) is 0 Å². The Morgan fingerprint density at radius 1 is 0.889 bits per heavy atom. The van der Waals surface area contributed by atoms with Crippen molar-refractivity contribution in [2.45, 2.75) is 0 Å². The first-order valence-corrected chi connectivity index (χ1v) is 5.65. The van der Waals surface area contributed by atoms with Gasteiger partial charge in [-0.1, -0.05) is 30.3 Å². The molecule has 0 radical (unpaired) electrons. The number of rotatable bonds is 2. The van der Waals surface area contributed by atoms with E-state index >= 15 is 0 Å². The van der Waals surface area contributed by atoms with Crippen molar-refractivity contribution in [3.8, 4) is 0 Å². The molecule has 3 rings (SSSR count). The van der Waals surface area contributed by atoms with Gasteiger partial charge < -0.3 is 11.1 Å². The first-order chi connectivity index (χ1) is 8.81. The lowest BCUT2D eigenvalue weighted by molar-refractivity contribution is 1.18. The highest BCUT2D eigenvalue weighted by Gasteiger charge is 1.98. The molecule has 3 aromatic rings. The van der Waals surface area contributed by atoms with Crippen LogP contribution in [-0.2, 0) is 0 Å². The third kappa shape index (κ3) is 2.08. The van der Waals surface area contributed by atoms with Gasteiger partial charge in [0.1, 0.15) is 18.0 Å². The summed E-state index contributed by atoms with van der Waals surface area (Å²) < 4.78 is 0. The van der Waals surface area contributed by atoms with Gasteiger partial charge in [-0.25, -0.2) is 9.97 Å². The average molecular weight is 236 g/mol. The summed E-state index contributed by atoms with van der Waals surface area (Å²) in [5.74, 6) is 1.14.